The second kappa shape index (κ2) is 4.51. The molecular weight excluding hydrogens is 168 g/mol. The first-order chi connectivity index (χ1) is 6.24. The number of rotatable bonds is 3. The molecule has 0 aromatic carbocycles. The number of nitrogens with zero attached hydrogens (tertiary/aromatic N) is 2. The van der Waals surface area contributed by atoms with Crippen LogP contribution in [0.2, 0.25) is 0 Å². The molecule has 0 saturated carbocycles. The minimum Gasteiger partial charge on any atom is -0.309 e. The average molecular weight is 180 g/mol. The van der Waals surface area contributed by atoms with E-state index in [1.165, 1.54) is 12.4 Å². The van der Waals surface area contributed by atoms with Crippen molar-refractivity contribution in [3.63, 3.8) is 0 Å². The van der Waals surface area contributed by atoms with Gasteiger partial charge >= 0.3 is 0 Å². The Morgan fingerprint density at radius 1 is 1.54 bits per heavy atom. The van der Waals surface area contributed by atoms with Crippen LogP contribution in [0.25, 0.3) is 0 Å². The highest BCUT2D eigenvalue weighted by molar-refractivity contribution is 5.93. The number of likely N-dealkylation sites (N-methyl/N-ethyl adjacent to an activating group) is 1. The van der Waals surface area contributed by atoms with Crippen molar-refractivity contribution in [2.45, 2.75) is 13.0 Å². The Labute approximate surface area is 76.6 Å². The van der Waals surface area contributed by atoms with E-state index < -0.39 is 0 Å². The molecule has 1 unspecified atom stereocenters. The first kappa shape index (κ1) is 9.60. The standard InChI is InChI=1S/C8H12N4O/c1-6(9-2)8(13)12-7-5-10-3-4-11-7/h3-6,9H,1-2H3,(H,11,12,13). The van der Waals surface area contributed by atoms with Gasteiger partial charge in [0, 0.05) is 12.4 Å². The summed E-state index contributed by atoms with van der Waals surface area (Å²) in [6, 6.07) is -0.234. The Morgan fingerprint density at radius 3 is 2.85 bits per heavy atom. The summed E-state index contributed by atoms with van der Waals surface area (Å²) in [5.41, 5.74) is 0. The zero-order valence-electron chi connectivity index (χ0n) is 7.61. The summed E-state index contributed by atoms with van der Waals surface area (Å²) in [6.07, 6.45) is 4.58. The van der Waals surface area contributed by atoms with Gasteiger partial charge in [0.1, 0.15) is 0 Å². The summed E-state index contributed by atoms with van der Waals surface area (Å²) < 4.78 is 0. The van der Waals surface area contributed by atoms with Gasteiger partial charge in [0.05, 0.1) is 12.2 Å². The maximum absolute atomic E-state index is 11.3. The van der Waals surface area contributed by atoms with Gasteiger partial charge in [-0.2, -0.15) is 0 Å². The van der Waals surface area contributed by atoms with Crippen molar-refractivity contribution in [3.05, 3.63) is 18.6 Å². The third-order valence-corrected chi connectivity index (χ3v) is 1.64. The fourth-order valence-corrected chi connectivity index (χ4v) is 0.729. The van der Waals surface area contributed by atoms with Crippen LogP contribution in [0.3, 0.4) is 0 Å². The minimum atomic E-state index is -0.234. The van der Waals surface area contributed by atoms with E-state index in [1.54, 1.807) is 20.2 Å². The number of carbonyl (C=O) groups is 1. The van der Waals surface area contributed by atoms with Crippen LogP contribution in [0, 0.1) is 0 Å². The van der Waals surface area contributed by atoms with Gasteiger partial charge in [0.25, 0.3) is 0 Å². The summed E-state index contributed by atoms with van der Waals surface area (Å²) in [4.78, 5) is 19.0. The van der Waals surface area contributed by atoms with Crippen molar-refractivity contribution in [2.24, 2.45) is 0 Å². The number of hydrogen-bond donors (Lipinski definition) is 2. The lowest BCUT2D eigenvalue weighted by atomic mass is 10.3. The molecule has 13 heavy (non-hydrogen) atoms. The second-order valence-electron chi connectivity index (χ2n) is 2.59. The van der Waals surface area contributed by atoms with Crippen molar-refractivity contribution < 1.29 is 4.79 Å². The Hall–Kier alpha value is -1.49. The SMILES string of the molecule is CNC(C)C(=O)Nc1cnccn1. The van der Waals surface area contributed by atoms with Gasteiger partial charge in [-0.05, 0) is 14.0 Å². The Bertz CT molecular complexity index is 275. The quantitative estimate of drug-likeness (QED) is 0.688. The lowest BCUT2D eigenvalue weighted by molar-refractivity contribution is -0.117. The predicted molar refractivity (Wildman–Crippen MR) is 49.2 cm³/mol. The predicted octanol–water partition coefficient (Wildman–Crippen LogP) is 0.0230. The Morgan fingerprint density at radius 2 is 2.31 bits per heavy atom. The molecule has 0 aliphatic heterocycles. The molecule has 1 amide bonds. The molecule has 5 heteroatoms. The molecule has 1 aromatic rings. The molecule has 5 nitrogen and oxygen atoms in total. The molecule has 0 fully saturated rings. The molecule has 0 spiro atoms. The molecule has 0 bridgehead atoms. The zero-order chi connectivity index (χ0) is 9.68. The highest BCUT2D eigenvalue weighted by Gasteiger charge is 2.09. The van der Waals surface area contributed by atoms with E-state index in [-0.39, 0.29) is 11.9 Å². The molecule has 0 radical (unpaired) electrons. The van der Waals surface area contributed by atoms with Gasteiger partial charge < -0.3 is 10.6 Å². The van der Waals surface area contributed by atoms with Crippen LogP contribution in [-0.4, -0.2) is 29.0 Å². The van der Waals surface area contributed by atoms with E-state index in [0.717, 1.165) is 0 Å². The van der Waals surface area contributed by atoms with E-state index in [2.05, 4.69) is 20.6 Å². The van der Waals surface area contributed by atoms with Crippen LogP contribution in [0.5, 0.6) is 0 Å². The Balaban J connectivity index is 2.55. The second-order valence-corrected chi connectivity index (χ2v) is 2.59. The molecular formula is C8H12N4O. The molecule has 0 aliphatic carbocycles. The summed E-state index contributed by atoms with van der Waals surface area (Å²) in [5, 5.41) is 5.44. The van der Waals surface area contributed by atoms with Gasteiger partial charge in [0.2, 0.25) is 5.91 Å². The van der Waals surface area contributed by atoms with Crippen molar-refractivity contribution in [3.8, 4) is 0 Å². The number of aromatic nitrogens is 2. The highest BCUT2D eigenvalue weighted by atomic mass is 16.2. The largest absolute Gasteiger partial charge is 0.309 e. The van der Waals surface area contributed by atoms with Gasteiger partial charge in [-0.1, -0.05) is 0 Å². The zero-order valence-corrected chi connectivity index (χ0v) is 7.61. The summed E-state index contributed by atoms with van der Waals surface area (Å²) >= 11 is 0. The number of nitrogens with one attached hydrogen (secondary N) is 2. The van der Waals surface area contributed by atoms with E-state index in [0.29, 0.717) is 5.82 Å². The maximum atomic E-state index is 11.3. The molecule has 70 valence electrons. The topological polar surface area (TPSA) is 66.9 Å². The molecule has 0 aliphatic rings. The summed E-state index contributed by atoms with van der Waals surface area (Å²) in [5.74, 6) is 0.345. The lowest BCUT2D eigenvalue weighted by Gasteiger charge is -2.09. The van der Waals surface area contributed by atoms with Crippen molar-refractivity contribution >= 4 is 11.7 Å². The molecule has 2 N–H and O–H groups in total. The van der Waals surface area contributed by atoms with Gasteiger partial charge in [0.15, 0.2) is 5.82 Å². The molecule has 1 rings (SSSR count). The van der Waals surface area contributed by atoms with E-state index in [9.17, 15) is 4.79 Å². The summed E-state index contributed by atoms with van der Waals surface area (Å²) in [7, 11) is 1.72. The third-order valence-electron chi connectivity index (χ3n) is 1.64. The maximum Gasteiger partial charge on any atom is 0.242 e. The van der Waals surface area contributed by atoms with Gasteiger partial charge in [-0.25, -0.2) is 4.98 Å². The lowest BCUT2D eigenvalue weighted by Crippen LogP contribution is -2.35. The fraction of sp³-hybridized carbons (Fsp3) is 0.375. The monoisotopic (exact) mass is 180 g/mol. The Kier molecular flexibility index (Phi) is 3.33. The number of anilines is 1. The van der Waals surface area contributed by atoms with Crippen LogP contribution in [0.15, 0.2) is 18.6 Å². The van der Waals surface area contributed by atoms with Crippen LogP contribution in [0.1, 0.15) is 6.92 Å². The van der Waals surface area contributed by atoms with Crippen molar-refractivity contribution in [1.29, 1.82) is 0 Å². The van der Waals surface area contributed by atoms with Gasteiger partial charge in [-0.3, -0.25) is 9.78 Å². The van der Waals surface area contributed by atoms with Crippen LogP contribution in [-0.2, 0) is 4.79 Å². The first-order valence-corrected chi connectivity index (χ1v) is 3.98. The van der Waals surface area contributed by atoms with E-state index in [4.69, 9.17) is 0 Å². The number of carbonyl (C=O) groups excluding carboxylic acids is 1. The van der Waals surface area contributed by atoms with E-state index in [1.807, 2.05) is 0 Å². The average Bonchev–Trinajstić information content (AvgIpc) is 2.18. The first-order valence-electron chi connectivity index (χ1n) is 3.98. The van der Waals surface area contributed by atoms with Crippen LogP contribution in [0.4, 0.5) is 5.82 Å². The highest BCUT2D eigenvalue weighted by Crippen LogP contribution is 1.97. The van der Waals surface area contributed by atoms with Crippen molar-refractivity contribution in [2.75, 3.05) is 12.4 Å². The van der Waals surface area contributed by atoms with Crippen LogP contribution >= 0.6 is 0 Å². The summed E-state index contributed by atoms with van der Waals surface area (Å²) in [6.45, 7) is 1.77. The van der Waals surface area contributed by atoms with E-state index >= 15 is 0 Å². The smallest absolute Gasteiger partial charge is 0.242 e. The van der Waals surface area contributed by atoms with Crippen LogP contribution < -0.4 is 10.6 Å². The number of amides is 1. The normalized spacial score (nSPS) is 12.2. The fourth-order valence-electron chi connectivity index (χ4n) is 0.729. The molecule has 1 heterocycles. The van der Waals surface area contributed by atoms with Gasteiger partial charge in [-0.15, -0.1) is 0 Å². The molecule has 1 aromatic heterocycles. The third kappa shape index (κ3) is 2.79. The minimum absolute atomic E-state index is 0.122. The number of hydrogen-bond acceptors (Lipinski definition) is 4. The molecule has 0 saturated heterocycles. The van der Waals surface area contributed by atoms with Crippen molar-refractivity contribution in [1.82, 2.24) is 15.3 Å². The molecule has 1 atom stereocenters.